The third-order valence-electron chi connectivity index (χ3n) is 12.2. The van der Waals surface area contributed by atoms with E-state index >= 15 is 0 Å². The number of nitrogens with zero attached hydrogens (tertiary/aromatic N) is 2. The molecule has 19 nitrogen and oxygen atoms in total. The van der Waals surface area contributed by atoms with Gasteiger partial charge in [-0.1, -0.05) is 64.7 Å². The van der Waals surface area contributed by atoms with Gasteiger partial charge in [-0.25, -0.2) is 0 Å². The molecule has 4 fully saturated rings. The maximum atomic E-state index is 13.6. The molecule has 0 unspecified atom stereocenters. The van der Waals surface area contributed by atoms with Crippen molar-refractivity contribution in [2.24, 2.45) is 10.8 Å². The third-order valence-corrected chi connectivity index (χ3v) is 12.9. The molecule has 6 amide bonds. The molecule has 68 heavy (non-hydrogen) atoms. The van der Waals surface area contributed by atoms with E-state index in [1.54, 1.807) is 19.9 Å². The SMILES string of the molecule is CCO[C@@H]1OC(=O)C[C@@H]1NC(=O)[C@@H]1CCCN1C(=O)[C@@H](NC(=O)c1ccc(N)c(Cl)c1)C(C)(C)C.C[C@@H]1OC(=O)C[C@@H]1NC(=O)[C@@H]1CCCN1C(=O)[C@@H](NC(=O)c1ccc(N)c(Cl)c1)C(C)(C)C. The molecule has 0 aliphatic carbocycles. The number of carbonyl (C=O) groups is 8. The van der Waals surface area contributed by atoms with Gasteiger partial charge in [0.1, 0.15) is 36.3 Å². The summed E-state index contributed by atoms with van der Waals surface area (Å²) in [7, 11) is 0. The zero-order valence-electron chi connectivity index (χ0n) is 39.7. The minimum atomic E-state index is -0.896. The van der Waals surface area contributed by atoms with Crippen molar-refractivity contribution in [3.63, 3.8) is 0 Å². The number of hydrogen-bond acceptors (Lipinski definition) is 13. The number of nitrogens with one attached hydrogen (secondary N) is 4. The van der Waals surface area contributed by atoms with E-state index in [-0.39, 0.29) is 63.6 Å². The predicted molar refractivity (Wildman–Crippen MR) is 253 cm³/mol. The number of halogens is 2. The van der Waals surface area contributed by atoms with Crippen LogP contribution in [0.5, 0.6) is 0 Å². The Kier molecular flexibility index (Phi) is 17.4. The lowest BCUT2D eigenvalue weighted by atomic mass is 9.85. The van der Waals surface area contributed by atoms with Crippen molar-refractivity contribution in [2.45, 2.75) is 143 Å². The first-order valence-electron chi connectivity index (χ1n) is 22.7. The first-order valence-corrected chi connectivity index (χ1v) is 23.5. The van der Waals surface area contributed by atoms with E-state index in [9.17, 15) is 38.4 Å². The van der Waals surface area contributed by atoms with Gasteiger partial charge in [-0.05, 0) is 86.8 Å². The topological polar surface area (TPSA) is 271 Å². The van der Waals surface area contributed by atoms with E-state index in [2.05, 4.69) is 21.3 Å². The maximum Gasteiger partial charge on any atom is 0.310 e. The van der Waals surface area contributed by atoms with E-state index in [4.69, 9.17) is 48.9 Å². The Morgan fingerprint density at radius 1 is 0.706 bits per heavy atom. The van der Waals surface area contributed by atoms with Gasteiger partial charge in [-0.2, -0.15) is 0 Å². The summed E-state index contributed by atoms with van der Waals surface area (Å²) in [5, 5.41) is 11.8. The lowest BCUT2D eigenvalue weighted by molar-refractivity contribution is -0.164. The van der Waals surface area contributed by atoms with Crippen LogP contribution < -0.4 is 32.7 Å². The van der Waals surface area contributed by atoms with Gasteiger partial charge in [0.05, 0.1) is 40.3 Å². The van der Waals surface area contributed by atoms with Crippen molar-refractivity contribution < 1.29 is 52.6 Å². The summed E-state index contributed by atoms with van der Waals surface area (Å²) >= 11 is 12.1. The highest BCUT2D eigenvalue weighted by atomic mass is 35.5. The van der Waals surface area contributed by atoms with Gasteiger partial charge < -0.3 is 56.7 Å². The molecule has 4 aliphatic rings. The van der Waals surface area contributed by atoms with Crippen LogP contribution in [0.3, 0.4) is 0 Å². The summed E-state index contributed by atoms with van der Waals surface area (Å²) in [6.07, 6.45) is 1.12. The highest BCUT2D eigenvalue weighted by Gasteiger charge is 2.46. The van der Waals surface area contributed by atoms with Crippen molar-refractivity contribution in [1.82, 2.24) is 31.1 Å². The number of benzene rings is 2. The van der Waals surface area contributed by atoms with Gasteiger partial charge in [0.15, 0.2) is 0 Å². The summed E-state index contributed by atoms with van der Waals surface area (Å²) in [5.74, 6) is -3.13. The molecule has 2 aromatic rings. The molecule has 0 spiro atoms. The van der Waals surface area contributed by atoms with E-state index in [0.29, 0.717) is 56.8 Å². The summed E-state index contributed by atoms with van der Waals surface area (Å²) in [6, 6.07) is 4.82. The monoisotopic (exact) mass is 986 g/mol. The van der Waals surface area contributed by atoms with Crippen LogP contribution >= 0.6 is 23.2 Å². The molecule has 8 atom stereocenters. The summed E-state index contributed by atoms with van der Waals surface area (Å²) in [5.41, 5.74) is 11.4. The van der Waals surface area contributed by atoms with Gasteiger partial charge in [0.2, 0.25) is 29.9 Å². The van der Waals surface area contributed by atoms with Crippen LogP contribution in [0.2, 0.25) is 10.0 Å². The molecule has 8 N–H and O–H groups in total. The number of likely N-dealkylation sites (tertiary alicyclic amines) is 2. The van der Waals surface area contributed by atoms with Crippen LogP contribution in [0, 0.1) is 10.8 Å². The number of esters is 2. The molecule has 4 heterocycles. The molecule has 0 aromatic heterocycles. The zero-order chi connectivity index (χ0) is 50.4. The number of amides is 6. The minimum Gasteiger partial charge on any atom is -0.460 e. The average molecular weight is 988 g/mol. The lowest BCUT2D eigenvalue weighted by Gasteiger charge is -2.35. The van der Waals surface area contributed by atoms with Crippen molar-refractivity contribution in [2.75, 3.05) is 31.2 Å². The molecular weight excluding hydrogens is 923 g/mol. The number of hydrogen-bond donors (Lipinski definition) is 6. The number of cyclic esters (lactones) is 2. The fraction of sp³-hybridized carbons (Fsp3) is 0.574. The highest BCUT2D eigenvalue weighted by Crippen LogP contribution is 2.30. The van der Waals surface area contributed by atoms with E-state index in [0.717, 1.165) is 0 Å². The highest BCUT2D eigenvalue weighted by molar-refractivity contribution is 6.33. The largest absolute Gasteiger partial charge is 0.460 e. The summed E-state index contributed by atoms with van der Waals surface area (Å²) in [6.45, 7) is 15.7. The number of nitrogen functional groups attached to an aromatic ring is 2. The molecule has 2 aromatic carbocycles. The number of ether oxygens (including phenoxy) is 3. The average Bonchev–Trinajstić information content (AvgIpc) is 4.07. The second kappa shape index (κ2) is 22.2. The minimum absolute atomic E-state index is 0.00188. The van der Waals surface area contributed by atoms with Crippen molar-refractivity contribution >= 4 is 82.0 Å². The van der Waals surface area contributed by atoms with Gasteiger partial charge in [-0.15, -0.1) is 0 Å². The zero-order valence-corrected chi connectivity index (χ0v) is 41.3. The van der Waals surface area contributed by atoms with Gasteiger partial charge in [0.25, 0.3) is 11.8 Å². The third kappa shape index (κ3) is 13.1. The Balaban J connectivity index is 0.000000255. The predicted octanol–water partition coefficient (Wildman–Crippen LogP) is 3.73. The molecule has 372 valence electrons. The molecule has 4 saturated heterocycles. The van der Waals surface area contributed by atoms with Crippen molar-refractivity contribution in [1.29, 1.82) is 0 Å². The van der Waals surface area contributed by atoms with Crippen LogP contribution in [0.4, 0.5) is 11.4 Å². The maximum absolute atomic E-state index is 13.6. The molecular formula is C47H64Cl2N8O11. The summed E-state index contributed by atoms with van der Waals surface area (Å²) < 4.78 is 15.6. The molecule has 6 rings (SSSR count). The van der Waals surface area contributed by atoms with Gasteiger partial charge in [0, 0.05) is 30.8 Å². The fourth-order valence-electron chi connectivity index (χ4n) is 8.38. The second-order valence-corrected chi connectivity index (χ2v) is 20.4. The first kappa shape index (κ1) is 53.3. The summed E-state index contributed by atoms with van der Waals surface area (Å²) in [4.78, 5) is 105. The first-order chi connectivity index (χ1) is 31.8. The smallest absolute Gasteiger partial charge is 0.310 e. The van der Waals surface area contributed by atoms with Crippen LogP contribution in [0.25, 0.3) is 0 Å². The molecule has 0 bridgehead atoms. The standard InChI is InChI=1S/C24H33ClN4O6.C23H31ClN4O5/c1-5-34-23-16(12-18(30)35-23)27-21(32)17-7-6-10-29(17)22(33)19(24(2,3)4)28-20(31)13-8-9-15(26)14(25)11-13;1-12-16(11-18(29)33-12)26-21(31)17-6-5-9-28(17)22(32)19(23(2,3)4)27-20(30)13-7-8-15(25)14(24)10-13/h8-9,11,16-17,19,23H,5-7,10,12,26H2,1-4H3,(H,27,32)(H,28,31);7-8,10,12,16-17,19H,5-6,9,11,25H2,1-4H3,(H,26,31)(H,27,30)/t16-,17-,19+,23+;12-,16-,17-,19+/m00/s1. The van der Waals surface area contributed by atoms with Gasteiger partial charge >= 0.3 is 11.9 Å². The Hall–Kier alpha value is -5.66. The number of carbonyl (C=O) groups excluding carboxylic acids is 8. The van der Waals surface area contributed by atoms with E-state index in [1.807, 2.05) is 41.5 Å². The number of nitrogens with two attached hydrogens (primary N) is 2. The van der Waals surface area contributed by atoms with Crippen LogP contribution in [-0.2, 0) is 43.0 Å². The molecule has 0 radical (unpaired) electrons. The van der Waals surface area contributed by atoms with Crippen molar-refractivity contribution in [3.8, 4) is 0 Å². The number of rotatable bonds is 12. The van der Waals surface area contributed by atoms with E-state index in [1.165, 1.54) is 40.1 Å². The fourth-order valence-corrected chi connectivity index (χ4v) is 8.74. The molecule has 0 saturated carbocycles. The Morgan fingerprint density at radius 2 is 1.12 bits per heavy atom. The lowest BCUT2D eigenvalue weighted by Crippen LogP contribution is -2.58. The Morgan fingerprint density at radius 3 is 1.50 bits per heavy atom. The Bertz CT molecular complexity index is 2270. The van der Waals surface area contributed by atoms with Gasteiger partial charge in [-0.3, -0.25) is 38.4 Å². The number of anilines is 2. The quantitative estimate of drug-likeness (QED) is 0.131. The van der Waals surface area contributed by atoms with Crippen molar-refractivity contribution in [3.05, 3.63) is 57.6 Å². The van der Waals surface area contributed by atoms with Crippen LogP contribution in [0.15, 0.2) is 36.4 Å². The Labute approximate surface area is 406 Å². The second-order valence-electron chi connectivity index (χ2n) is 19.5. The normalized spacial score (nSPS) is 23.4. The van der Waals surface area contributed by atoms with Crippen LogP contribution in [-0.4, -0.2) is 126 Å². The van der Waals surface area contributed by atoms with Crippen LogP contribution in [0.1, 0.15) is 115 Å². The molecule has 21 heteroatoms. The van der Waals surface area contributed by atoms with E-state index < -0.39 is 77.3 Å². The molecule has 4 aliphatic heterocycles.